The summed E-state index contributed by atoms with van der Waals surface area (Å²) < 4.78 is 5.17. The van der Waals surface area contributed by atoms with Gasteiger partial charge in [-0.25, -0.2) is 5.84 Å². The van der Waals surface area contributed by atoms with E-state index in [9.17, 15) is 4.79 Å². The number of piperidine rings is 1. The van der Waals surface area contributed by atoms with Gasteiger partial charge >= 0.3 is 0 Å². The Morgan fingerprint density at radius 2 is 2.25 bits per heavy atom. The number of hydrazine groups is 1. The molecule has 0 unspecified atom stereocenters. The average molecular weight is 281 g/mol. The second-order valence-electron chi connectivity index (χ2n) is 5.63. The summed E-state index contributed by atoms with van der Waals surface area (Å²) in [5.74, 6) is 6.11. The van der Waals surface area contributed by atoms with Crippen LogP contribution >= 0.6 is 0 Å². The summed E-state index contributed by atoms with van der Waals surface area (Å²) in [6, 6.07) is 1.65. The molecule has 0 aliphatic carbocycles. The second-order valence-corrected chi connectivity index (χ2v) is 5.63. The predicted octanol–water partition coefficient (Wildman–Crippen LogP) is 0.0517. The first kappa shape index (κ1) is 15.0. The summed E-state index contributed by atoms with van der Waals surface area (Å²) >= 11 is 0. The van der Waals surface area contributed by atoms with Crippen molar-refractivity contribution in [3.8, 4) is 0 Å². The predicted molar refractivity (Wildman–Crippen MR) is 74.7 cm³/mol. The van der Waals surface area contributed by atoms with Crippen LogP contribution in [0.1, 0.15) is 29.1 Å². The monoisotopic (exact) mass is 281 g/mol. The SMILES string of the molecule is CN(C)CC1CCN(Cc2cc(C(=O)NN)no2)CC1. The van der Waals surface area contributed by atoms with Gasteiger partial charge in [0.2, 0.25) is 0 Å². The third kappa shape index (κ3) is 4.03. The zero-order chi connectivity index (χ0) is 14.5. The number of nitrogens with one attached hydrogen (secondary N) is 1. The number of carbonyl (C=O) groups excluding carboxylic acids is 1. The first-order valence-corrected chi connectivity index (χ1v) is 6.92. The highest BCUT2D eigenvalue weighted by Crippen LogP contribution is 2.19. The van der Waals surface area contributed by atoms with Gasteiger partial charge in [-0.3, -0.25) is 15.1 Å². The lowest BCUT2D eigenvalue weighted by Gasteiger charge is -2.32. The van der Waals surface area contributed by atoms with E-state index in [1.54, 1.807) is 6.07 Å². The van der Waals surface area contributed by atoms with E-state index in [2.05, 4.69) is 29.1 Å². The summed E-state index contributed by atoms with van der Waals surface area (Å²) in [7, 11) is 4.23. The van der Waals surface area contributed by atoms with Crippen LogP contribution in [0.5, 0.6) is 0 Å². The van der Waals surface area contributed by atoms with Crippen LogP contribution in [0.25, 0.3) is 0 Å². The van der Waals surface area contributed by atoms with E-state index in [-0.39, 0.29) is 5.69 Å². The Bertz CT molecular complexity index is 438. The molecule has 2 rings (SSSR count). The molecular formula is C13H23N5O2. The van der Waals surface area contributed by atoms with Gasteiger partial charge in [0.25, 0.3) is 5.91 Å². The van der Waals surface area contributed by atoms with Crippen molar-refractivity contribution in [3.05, 3.63) is 17.5 Å². The van der Waals surface area contributed by atoms with Crippen molar-refractivity contribution in [2.45, 2.75) is 19.4 Å². The van der Waals surface area contributed by atoms with Crippen molar-refractivity contribution in [3.63, 3.8) is 0 Å². The lowest BCUT2D eigenvalue weighted by Crippen LogP contribution is -2.36. The minimum Gasteiger partial charge on any atom is -0.359 e. The minimum absolute atomic E-state index is 0.227. The van der Waals surface area contributed by atoms with Gasteiger partial charge in [0.05, 0.1) is 6.54 Å². The van der Waals surface area contributed by atoms with Crippen molar-refractivity contribution >= 4 is 5.91 Å². The van der Waals surface area contributed by atoms with E-state index < -0.39 is 5.91 Å². The molecule has 0 radical (unpaired) electrons. The number of aromatic nitrogens is 1. The number of nitrogen functional groups attached to an aromatic ring is 1. The number of amides is 1. The van der Waals surface area contributed by atoms with Gasteiger partial charge in [0, 0.05) is 12.6 Å². The second kappa shape index (κ2) is 6.83. The maximum absolute atomic E-state index is 11.3. The highest BCUT2D eigenvalue weighted by Gasteiger charge is 2.21. The van der Waals surface area contributed by atoms with Crippen LogP contribution in [-0.2, 0) is 6.54 Å². The maximum Gasteiger partial charge on any atom is 0.287 e. The highest BCUT2D eigenvalue weighted by atomic mass is 16.5. The van der Waals surface area contributed by atoms with E-state index in [1.165, 1.54) is 12.8 Å². The average Bonchev–Trinajstić information content (AvgIpc) is 2.88. The summed E-state index contributed by atoms with van der Waals surface area (Å²) in [5.41, 5.74) is 2.27. The molecule has 1 aromatic heterocycles. The van der Waals surface area contributed by atoms with Crippen LogP contribution in [0.15, 0.2) is 10.6 Å². The van der Waals surface area contributed by atoms with Crippen LogP contribution < -0.4 is 11.3 Å². The fourth-order valence-corrected chi connectivity index (χ4v) is 2.63. The maximum atomic E-state index is 11.3. The lowest BCUT2D eigenvalue weighted by atomic mass is 9.96. The fraction of sp³-hybridized carbons (Fsp3) is 0.692. The molecule has 1 aliphatic rings. The van der Waals surface area contributed by atoms with Crippen molar-refractivity contribution < 1.29 is 9.32 Å². The topological polar surface area (TPSA) is 87.6 Å². The Morgan fingerprint density at radius 1 is 1.55 bits per heavy atom. The summed E-state index contributed by atoms with van der Waals surface area (Å²) in [6.45, 7) is 3.95. The zero-order valence-corrected chi connectivity index (χ0v) is 12.1. The molecule has 0 spiro atoms. The zero-order valence-electron chi connectivity index (χ0n) is 12.1. The Kier molecular flexibility index (Phi) is 5.11. The molecule has 1 aliphatic heterocycles. The van der Waals surface area contributed by atoms with Gasteiger partial charge in [-0.2, -0.15) is 0 Å². The van der Waals surface area contributed by atoms with Crippen LogP contribution in [0.2, 0.25) is 0 Å². The summed E-state index contributed by atoms with van der Waals surface area (Å²) in [6.07, 6.45) is 2.39. The number of rotatable bonds is 5. The molecule has 0 aromatic carbocycles. The molecule has 0 saturated carbocycles. The van der Waals surface area contributed by atoms with Crippen molar-refractivity contribution in [2.75, 3.05) is 33.7 Å². The number of nitrogens with zero attached hydrogens (tertiary/aromatic N) is 3. The number of likely N-dealkylation sites (tertiary alicyclic amines) is 1. The molecular weight excluding hydrogens is 258 g/mol. The van der Waals surface area contributed by atoms with Crippen molar-refractivity contribution in [2.24, 2.45) is 11.8 Å². The number of hydrogen-bond donors (Lipinski definition) is 2. The molecule has 20 heavy (non-hydrogen) atoms. The van der Waals surface area contributed by atoms with E-state index in [4.69, 9.17) is 10.4 Å². The van der Waals surface area contributed by atoms with E-state index >= 15 is 0 Å². The van der Waals surface area contributed by atoms with E-state index in [0.29, 0.717) is 12.3 Å². The number of hydrogen-bond acceptors (Lipinski definition) is 6. The molecule has 7 nitrogen and oxygen atoms in total. The Balaban J connectivity index is 1.80. The van der Waals surface area contributed by atoms with Crippen LogP contribution in [0, 0.1) is 5.92 Å². The number of nitrogens with two attached hydrogens (primary N) is 1. The van der Waals surface area contributed by atoms with Gasteiger partial charge in [-0.15, -0.1) is 0 Å². The largest absolute Gasteiger partial charge is 0.359 e. The molecule has 2 heterocycles. The molecule has 1 amide bonds. The smallest absolute Gasteiger partial charge is 0.287 e. The highest BCUT2D eigenvalue weighted by molar-refractivity contribution is 5.91. The molecule has 1 saturated heterocycles. The van der Waals surface area contributed by atoms with Gasteiger partial charge in [-0.1, -0.05) is 5.16 Å². The van der Waals surface area contributed by atoms with Crippen molar-refractivity contribution in [1.82, 2.24) is 20.4 Å². The van der Waals surface area contributed by atoms with Crippen LogP contribution in [0.3, 0.4) is 0 Å². The lowest BCUT2D eigenvalue weighted by molar-refractivity contribution is 0.0944. The van der Waals surface area contributed by atoms with Gasteiger partial charge < -0.3 is 9.42 Å². The number of carbonyl (C=O) groups is 1. The van der Waals surface area contributed by atoms with Gasteiger partial charge in [0.15, 0.2) is 11.5 Å². The fourth-order valence-electron chi connectivity index (χ4n) is 2.63. The Labute approximate surface area is 119 Å². The van der Waals surface area contributed by atoms with Crippen LogP contribution in [-0.4, -0.2) is 54.6 Å². The molecule has 0 bridgehead atoms. The molecule has 3 N–H and O–H groups in total. The van der Waals surface area contributed by atoms with Crippen LogP contribution in [0.4, 0.5) is 0 Å². The standard InChI is InChI=1S/C13H23N5O2/c1-17(2)8-10-3-5-18(6-4-10)9-11-7-12(16-20-11)13(19)15-14/h7,10H,3-6,8-9,14H2,1-2H3,(H,15,19). The molecule has 0 atom stereocenters. The molecule has 1 fully saturated rings. The quantitative estimate of drug-likeness (QED) is 0.450. The first-order chi connectivity index (χ1) is 9.58. The Morgan fingerprint density at radius 3 is 2.85 bits per heavy atom. The molecule has 112 valence electrons. The summed E-state index contributed by atoms with van der Waals surface area (Å²) in [4.78, 5) is 15.9. The van der Waals surface area contributed by atoms with Gasteiger partial charge in [0.1, 0.15) is 0 Å². The normalized spacial score (nSPS) is 17.6. The third-order valence-electron chi connectivity index (χ3n) is 3.63. The Hall–Kier alpha value is -1.44. The van der Waals surface area contributed by atoms with Gasteiger partial charge in [-0.05, 0) is 45.9 Å². The van der Waals surface area contributed by atoms with Crippen molar-refractivity contribution in [1.29, 1.82) is 0 Å². The van der Waals surface area contributed by atoms with E-state index in [0.717, 1.165) is 25.6 Å². The first-order valence-electron chi connectivity index (χ1n) is 6.92. The third-order valence-corrected chi connectivity index (χ3v) is 3.63. The summed E-state index contributed by atoms with van der Waals surface area (Å²) in [5, 5.41) is 3.71. The molecule has 1 aromatic rings. The van der Waals surface area contributed by atoms with E-state index in [1.807, 2.05) is 5.43 Å². The minimum atomic E-state index is -0.426. The molecule has 7 heteroatoms.